The third kappa shape index (κ3) is 3.73. The summed E-state index contributed by atoms with van der Waals surface area (Å²) < 4.78 is 11.0. The van der Waals surface area contributed by atoms with Crippen LogP contribution in [-0.4, -0.2) is 13.1 Å². The smallest absolute Gasteiger partial charge is 0.341 e. The van der Waals surface area contributed by atoms with E-state index in [9.17, 15) is 4.79 Å². The van der Waals surface area contributed by atoms with Crippen molar-refractivity contribution in [1.82, 2.24) is 0 Å². The first-order valence-electron chi connectivity index (χ1n) is 5.98. The van der Waals surface area contributed by atoms with E-state index in [0.29, 0.717) is 39.4 Å². The summed E-state index contributed by atoms with van der Waals surface area (Å²) in [6, 6.07) is 5.11. The number of halogens is 3. The third-order valence-corrected chi connectivity index (χ3v) is 3.87. The molecule has 112 valence electrons. The van der Waals surface area contributed by atoms with Gasteiger partial charge in [0.25, 0.3) is 0 Å². The normalized spacial score (nSPS) is 10.5. The van der Waals surface area contributed by atoms with Gasteiger partial charge in [-0.05, 0) is 25.1 Å². The maximum absolute atomic E-state index is 11.5. The molecule has 0 unspecified atom stereocenters. The fraction of sp³-hybridized carbons (Fsp3) is 0.214. The Bertz CT molecular complexity index is 662. The number of rotatable bonds is 4. The molecule has 0 atom stereocenters. The highest BCUT2D eigenvalue weighted by Gasteiger charge is 2.16. The highest BCUT2D eigenvalue weighted by atomic mass is 79.9. The number of ether oxygens (including phenoxy) is 1. The van der Waals surface area contributed by atoms with Gasteiger partial charge in [0.2, 0.25) is 0 Å². The Morgan fingerprint density at radius 2 is 1.95 bits per heavy atom. The first-order valence-corrected chi connectivity index (χ1v) is 7.53. The molecule has 0 aliphatic carbocycles. The number of anilines is 1. The number of carbonyl (C=O) groups excluding carboxylic acids is 1. The van der Waals surface area contributed by atoms with Crippen molar-refractivity contribution in [3.63, 3.8) is 0 Å². The molecule has 2 rings (SSSR count). The van der Waals surface area contributed by atoms with Gasteiger partial charge in [-0.3, -0.25) is 0 Å². The van der Waals surface area contributed by atoms with E-state index in [0.717, 1.165) is 4.47 Å². The molecule has 4 nitrogen and oxygen atoms in total. The summed E-state index contributed by atoms with van der Waals surface area (Å²) in [5.74, 6) is 0.664. The van der Waals surface area contributed by atoms with Crippen molar-refractivity contribution in [3.05, 3.63) is 49.8 Å². The van der Waals surface area contributed by atoms with Crippen LogP contribution in [0.1, 0.15) is 21.9 Å². The van der Waals surface area contributed by atoms with Gasteiger partial charge in [-0.1, -0.05) is 39.1 Å². The summed E-state index contributed by atoms with van der Waals surface area (Å²) in [5, 5.41) is 4.07. The number of esters is 1. The molecule has 21 heavy (non-hydrogen) atoms. The van der Waals surface area contributed by atoms with E-state index in [4.69, 9.17) is 27.6 Å². The molecular formula is C14H12BrCl2NO3. The summed E-state index contributed by atoms with van der Waals surface area (Å²) in [5.41, 5.74) is 1.01. The van der Waals surface area contributed by atoms with Crippen LogP contribution in [0.5, 0.6) is 0 Å². The van der Waals surface area contributed by atoms with Crippen LogP contribution in [0.3, 0.4) is 0 Å². The molecule has 1 heterocycles. The number of carbonyl (C=O) groups is 1. The lowest BCUT2D eigenvalue weighted by molar-refractivity contribution is 0.0599. The molecule has 0 spiro atoms. The third-order valence-electron chi connectivity index (χ3n) is 2.82. The zero-order valence-corrected chi connectivity index (χ0v) is 14.4. The van der Waals surface area contributed by atoms with Gasteiger partial charge in [-0.15, -0.1) is 0 Å². The lowest BCUT2D eigenvalue weighted by Gasteiger charge is -2.09. The standard InChI is InChI=1S/C14H12BrCl2NO3/c1-7-10(14(19)20-2)5-9(21-7)6-18-13-11(16)3-8(15)4-12(13)17/h3-5,18H,6H2,1-2H3. The monoisotopic (exact) mass is 391 g/mol. The van der Waals surface area contributed by atoms with Crippen LogP contribution in [0.4, 0.5) is 5.69 Å². The van der Waals surface area contributed by atoms with Gasteiger partial charge in [-0.2, -0.15) is 0 Å². The number of nitrogens with one attached hydrogen (secondary N) is 1. The van der Waals surface area contributed by atoms with Gasteiger partial charge >= 0.3 is 5.97 Å². The number of hydrogen-bond acceptors (Lipinski definition) is 4. The number of aryl methyl sites for hydroxylation is 1. The lowest BCUT2D eigenvalue weighted by atomic mass is 10.2. The Labute approximate surface area is 140 Å². The first kappa shape index (κ1) is 16.2. The van der Waals surface area contributed by atoms with Crippen molar-refractivity contribution in [1.29, 1.82) is 0 Å². The van der Waals surface area contributed by atoms with Crippen LogP contribution in [-0.2, 0) is 11.3 Å². The fourth-order valence-corrected chi connectivity index (χ4v) is 3.17. The minimum absolute atomic E-state index is 0.346. The first-order chi connectivity index (χ1) is 9.92. The SMILES string of the molecule is COC(=O)c1cc(CNc2c(Cl)cc(Br)cc2Cl)oc1C. The molecule has 1 aromatic heterocycles. The summed E-state index contributed by atoms with van der Waals surface area (Å²) in [6.45, 7) is 2.05. The van der Waals surface area contributed by atoms with E-state index in [1.54, 1.807) is 25.1 Å². The highest BCUT2D eigenvalue weighted by Crippen LogP contribution is 2.34. The van der Waals surface area contributed by atoms with E-state index >= 15 is 0 Å². The number of benzene rings is 1. The largest absolute Gasteiger partial charge is 0.465 e. The molecule has 7 heteroatoms. The average Bonchev–Trinajstić information content (AvgIpc) is 2.78. The summed E-state index contributed by atoms with van der Waals surface area (Å²) in [4.78, 5) is 11.5. The van der Waals surface area contributed by atoms with Crippen LogP contribution >= 0.6 is 39.1 Å². The van der Waals surface area contributed by atoms with E-state index in [1.807, 2.05) is 0 Å². The quantitative estimate of drug-likeness (QED) is 0.739. The molecule has 0 aliphatic rings. The maximum Gasteiger partial charge on any atom is 0.341 e. The van der Waals surface area contributed by atoms with E-state index in [-0.39, 0.29) is 0 Å². The van der Waals surface area contributed by atoms with Crippen LogP contribution in [0, 0.1) is 6.92 Å². The molecule has 2 aromatic rings. The Balaban J connectivity index is 2.16. The molecular weight excluding hydrogens is 381 g/mol. The van der Waals surface area contributed by atoms with Gasteiger partial charge in [0, 0.05) is 4.47 Å². The van der Waals surface area contributed by atoms with Crippen molar-refractivity contribution in [2.24, 2.45) is 0 Å². The maximum atomic E-state index is 11.5. The highest BCUT2D eigenvalue weighted by molar-refractivity contribution is 9.10. The molecule has 0 aliphatic heterocycles. The van der Waals surface area contributed by atoms with Gasteiger partial charge < -0.3 is 14.5 Å². The van der Waals surface area contributed by atoms with E-state index < -0.39 is 5.97 Å². The molecule has 0 saturated carbocycles. The molecule has 0 bridgehead atoms. The summed E-state index contributed by atoms with van der Waals surface area (Å²) in [6.07, 6.45) is 0. The number of furan rings is 1. The van der Waals surface area contributed by atoms with Crippen LogP contribution in [0.2, 0.25) is 10.0 Å². The van der Waals surface area contributed by atoms with Gasteiger partial charge in [0.1, 0.15) is 17.1 Å². The average molecular weight is 393 g/mol. The Hall–Kier alpha value is -1.17. The molecule has 0 fully saturated rings. The predicted molar refractivity (Wildman–Crippen MR) is 86.3 cm³/mol. The van der Waals surface area contributed by atoms with Crippen molar-refractivity contribution in [2.45, 2.75) is 13.5 Å². The summed E-state index contributed by atoms with van der Waals surface area (Å²) in [7, 11) is 1.33. The van der Waals surface area contributed by atoms with E-state index in [1.165, 1.54) is 7.11 Å². The predicted octanol–water partition coefficient (Wildman–Crippen LogP) is 5.06. The van der Waals surface area contributed by atoms with E-state index in [2.05, 4.69) is 26.0 Å². The Kier molecular flexibility index (Phi) is 5.19. The number of methoxy groups -OCH3 is 1. The van der Waals surface area contributed by atoms with Gasteiger partial charge in [-0.25, -0.2) is 4.79 Å². The molecule has 1 aromatic carbocycles. The zero-order chi connectivity index (χ0) is 15.6. The fourth-order valence-electron chi connectivity index (χ4n) is 1.83. The second-order valence-corrected chi connectivity index (χ2v) is 6.00. The minimum atomic E-state index is -0.429. The topological polar surface area (TPSA) is 51.5 Å². The van der Waals surface area contributed by atoms with Crippen LogP contribution in [0.15, 0.2) is 27.1 Å². The Morgan fingerprint density at radius 1 is 1.33 bits per heavy atom. The Morgan fingerprint density at radius 3 is 2.52 bits per heavy atom. The minimum Gasteiger partial charge on any atom is -0.465 e. The van der Waals surface area contributed by atoms with Crippen molar-refractivity contribution in [2.75, 3.05) is 12.4 Å². The lowest BCUT2D eigenvalue weighted by Crippen LogP contribution is -2.01. The number of hydrogen-bond donors (Lipinski definition) is 1. The van der Waals surface area contributed by atoms with Crippen LogP contribution < -0.4 is 5.32 Å². The van der Waals surface area contributed by atoms with Crippen LogP contribution in [0.25, 0.3) is 0 Å². The van der Waals surface area contributed by atoms with Crippen molar-refractivity contribution >= 4 is 50.8 Å². The zero-order valence-electron chi connectivity index (χ0n) is 11.3. The second kappa shape index (κ2) is 6.73. The summed E-state index contributed by atoms with van der Waals surface area (Å²) >= 11 is 15.6. The molecule has 0 radical (unpaired) electrons. The van der Waals surface area contributed by atoms with Gasteiger partial charge in [0.05, 0.1) is 29.4 Å². The van der Waals surface area contributed by atoms with Gasteiger partial charge in [0.15, 0.2) is 0 Å². The van der Waals surface area contributed by atoms with Crippen molar-refractivity contribution in [3.8, 4) is 0 Å². The second-order valence-electron chi connectivity index (χ2n) is 4.27. The van der Waals surface area contributed by atoms with Crippen molar-refractivity contribution < 1.29 is 13.9 Å². The molecule has 0 saturated heterocycles. The molecule has 1 N–H and O–H groups in total. The molecule has 0 amide bonds.